The maximum absolute atomic E-state index is 11.2. The van der Waals surface area contributed by atoms with Crippen molar-refractivity contribution in [1.29, 1.82) is 5.26 Å². The lowest BCUT2D eigenvalue weighted by molar-refractivity contribution is 0.0600. The lowest BCUT2D eigenvalue weighted by atomic mass is 10.1. The van der Waals surface area contributed by atoms with Crippen molar-refractivity contribution in [3.05, 3.63) is 29.1 Å². The van der Waals surface area contributed by atoms with Crippen molar-refractivity contribution in [2.24, 2.45) is 0 Å². The van der Waals surface area contributed by atoms with Crippen LogP contribution in [0.3, 0.4) is 0 Å². The SMILES string of the molecule is CCc1cc(C(=O)OC)cc(C#N)n1. The number of carbonyl (C=O) groups excluding carboxylic acids is 1. The van der Waals surface area contributed by atoms with Gasteiger partial charge in [-0.25, -0.2) is 9.78 Å². The lowest BCUT2D eigenvalue weighted by Crippen LogP contribution is -2.04. The third-order valence-electron chi connectivity index (χ3n) is 1.78. The molecular weight excluding hydrogens is 180 g/mol. The van der Waals surface area contributed by atoms with Crippen molar-refractivity contribution in [2.75, 3.05) is 7.11 Å². The van der Waals surface area contributed by atoms with Crippen LogP contribution in [-0.4, -0.2) is 18.1 Å². The monoisotopic (exact) mass is 190 g/mol. The van der Waals surface area contributed by atoms with Gasteiger partial charge in [0.05, 0.1) is 12.7 Å². The van der Waals surface area contributed by atoms with Gasteiger partial charge in [-0.15, -0.1) is 0 Å². The number of aromatic nitrogens is 1. The summed E-state index contributed by atoms with van der Waals surface area (Å²) in [6, 6.07) is 4.96. The first kappa shape index (κ1) is 10.2. The highest BCUT2D eigenvalue weighted by atomic mass is 16.5. The normalized spacial score (nSPS) is 9.21. The Hall–Kier alpha value is -1.89. The number of pyridine rings is 1. The Morgan fingerprint density at radius 3 is 2.86 bits per heavy atom. The fourth-order valence-corrected chi connectivity index (χ4v) is 1.06. The summed E-state index contributed by atoms with van der Waals surface area (Å²) in [5, 5.41) is 8.67. The van der Waals surface area contributed by atoms with Gasteiger partial charge in [-0.3, -0.25) is 0 Å². The number of esters is 1. The van der Waals surface area contributed by atoms with Crippen LogP contribution in [0.15, 0.2) is 12.1 Å². The summed E-state index contributed by atoms with van der Waals surface area (Å²) in [6.07, 6.45) is 0.680. The Labute approximate surface area is 82.1 Å². The van der Waals surface area contributed by atoms with Crippen molar-refractivity contribution >= 4 is 5.97 Å². The molecule has 72 valence electrons. The molecule has 4 heteroatoms. The van der Waals surface area contributed by atoms with Gasteiger partial charge in [-0.2, -0.15) is 5.26 Å². The summed E-state index contributed by atoms with van der Waals surface area (Å²) in [4.78, 5) is 15.2. The zero-order valence-corrected chi connectivity index (χ0v) is 8.07. The van der Waals surface area contributed by atoms with Gasteiger partial charge in [-0.05, 0) is 18.6 Å². The highest BCUT2D eigenvalue weighted by molar-refractivity contribution is 5.89. The van der Waals surface area contributed by atoms with Crippen LogP contribution in [0.25, 0.3) is 0 Å². The van der Waals surface area contributed by atoms with Crippen LogP contribution in [0.4, 0.5) is 0 Å². The highest BCUT2D eigenvalue weighted by Gasteiger charge is 2.08. The molecule has 0 fully saturated rings. The van der Waals surface area contributed by atoms with Crippen LogP contribution in [-0.2, 0) is 11.2 Å². The lowest BCUT2D eigenvalue weighted by Gasteiger charge is -2.01. The zero-order valence-electron chi connectivity index (χ0n) is 8.07. The number of hydrogen-bond donors (Lipinski definition) is 0. The fourth-order valence-electron chi connectivity index (χ4n) is 1.06. The molecule has 1 aromatic rings. The van der Waals surface area contributed by atoms with Gasteiger partial charge >= 0.3 is 5.97 Å². The minimum atomic E-state index is -0.446. The number of hydrogen-bond acceptors (Lipinski definition) is 4. The summed E-state index contributed by atoms with van der Waals surface area (Å²) in [5.74, 6) is -0.446. The van der Waals surface area contributed by atoms with E-state index in [9.17, 15) is 4.79 Å². The predicted molar refractivity (Wildman–Crippen MR) is 49.7 cm³/mol. The van der Waals surface area contributed by atoms with Gasteiger partial charge in [0.25, 0.3) is 0 Å². The minimum Gasteiger partial charge on any atom is -0.465 e. The molecule has 0 N–H and O–H groups in total. The molecule has 0 aliphatic rings. The second-order valence-electron chi connectivity index (χ2n) is 2.69. The average molecular weight is 190 g/mol. The summed E-state index contributed by atoms with van der Waals surface area (Å²) in [6.45, 7) is 1.91. The molecule has 0 saturated heterocycles. The number of carbonyl (C=O) groups is 1. The first-order valence-corrected chi connectivity index (χ1v) is 4.20. The number of nitrogens with zero attached hydrogens (tertiary/aromatic N) is 2. The molecule has 0 unspecified atom stereocenters. The summed E-state index contributed by atoms with van der Waals surface area (Å²) in [5.41, 5.74) is 1.32. The molecule has 0 aromatic carbocycles. The summed E-state index contributed by atoms with van der Waals surface area (Å²) in [7, 11) is 1.31. The smallest absolute Gasteiger partial charge is 0.338 e. The maximum Gasteiger partial charge on any atom is 0.338 e. The first-order chi connectivity index (χ1) is 6.71. The van der Waals surface area contributed by atoms with E-state index in [4.69, 9.17) is 5.26 Å². The molecule has 1 rings (SSSR count). The van der Waals surface area contributed by atoms with E-state index in [1.807, 2.05) is 13.0 Å². The van der Waals surface area contributed by atoms with Crippen LogP contribution >= 0.6 is 0 Å². The van der Waals surface area contributed by atoms with E-state index < -0.39 is 5.97 Å². The van der Waals surface area contributed by atoms with E-state index >= 15 is 0 Å². The molecule has 0 atom stereocenters. The number of nitriles is 1. The van der Waals surface area contributed by atoms with E-state index in [-0.39, 0.29) is 5.69 Å². The maximum atomic E-state index is 11.2. The van der Waals surface area contributed by atoms with E-state index in [1.165, 1.54) is 13.2 Å². The molecule has 0 bridgehead atoms. The second-order valence-corrected chi connectivity index (χ2v) is 2.69. The van der Waals surface area contributed by atoms with E-state index in [0.29, 0.717) is 17.7 Å². The van der Waals surface area contributed by atoms with Gasteiger partial charge in [0, 0.05) is 5.69 Å². The quantitative estimate of drug-likeness (QED) is 0.659. The molecule has 1 aromatic heterocycles. The molecular formula is C10H10N2O2. The Bertz CT molecular complexity index is 394. The fraction of sp³-hybridized carbons (Fsp3) is 0.300. The van der Waals surface area contributed by atoms with Gasteiger partial charge < -0.3 is 4.74 Å². The highest BCUT2D eigenvalue weighted by Crippen LogP contribution is 2.07. The van der Waals surface area contributed by atoms with Gasteiger partial charge in [0.1, 0.15) is 11.8 Å². The van der Waals surface area contributed by atoms with E-state index in [1.54, 1.807) is 6.07 Å². The minimum absolute atomic E-state index is 0.241. The van der Waals surface area contributed by atoms with Gasteiger partial charge in [-0.1, -0.05) is 6.92 Å². The Kier molecular flexibility index (Phi) is 3.19. The van der Waals surface area contributed by atoms with Crippen molar-refractivity contribution in [3.63, 3.8) is 0 Å². The third kappa shape index (κ3) is 2.07. The van der Waals surface area contributed by atoms with Crippen molar-refractivity contribution < 1.29 is 9.53 Å². The molecule has 1 heterocycles. The first-order valence-electron chi connectivity index (χ1n) is 4.20. The molecule has 0 aliphatic carbocycles. The number of ether oxygens (including phenoxy) is 1. The topological polar surface area (TPSA) is 63.0 Å². The van der Waals surface area contributed by atoms with Crippen LogP contribution in [0, 0.1) is 11.3 Å². The third-order valence-corrected chi connectivity index (χ3v) is 1.78. The second kappa shape index (κ2) is 4.38. The summed E-state index contributed by atoms with van der Waals surface area (Å²) >= 11 is 0. The van der Waals surface area contributed by atoms with Crippen LogP contribution < -0.4 is 0 Å². The number of rotatable bonds is 2. The molecule has 0 aliphatic heterocycles. The van der Waals surface area contributed by atoms with E-state index in [2.05, 4.69) is 9.72 Å². The molecule has 0 spiro atoms. The summed E-state index contributed by atoms with van der Waals surface area (Å²) < 4.78 is 4.56. The molecule has 0 saturated carbocycles. The molecule has 14 heavy (non-hydrogen) atoms. The molecule has 4 nitrogen and oxygen atoms in total. The number of aryl methyl sites for hydroxylation is 1. The van der Waals surface area contributed by atoms with Gasteiger partial charge in [0.2, 0.25) is 0 Å². The van der Waals surface area contributed by atoms with Crippen molar-refractivity contribution in [1.82, 2.24) is 4.98 Å². The zero-order chi connectivity index (χ0) is 10.6. The van der Waals surface area contributed by atoms with Crippen LogP contribution in [0.2, 0.25) is 0 Å². The Balaban J connectivity index is 3.19. The van der Waals surface area contributed by atoms with E-state index in [0.717, 1.165) is 0 Å². The average Bonchev–Trinajstić information content (AvgIpc) is 2.27. The van der Waals surface area contributed by atoms with Crippen LogP contribution in [0.5, 0.6) is 0 Å². The number of methoxy groups -OCH3 is 1. The Morgan fingerprint density at radius 2 is 2.36 bits per heavy atom. The van der Waals surface area contributed by atoms with Crippen LogP contribution in [0.1, 0.15) is 28.7 Å². The van der Waals surface area contributed by atoms with Crippen molar-refractivity contribution in [3.8, 4) is 6.07 Å². The molecule has 0 radical (unpaired) electrons. The van der Waals surface area contributed by atoms with Gasteiger partial charge in [0.15, 0.2) is 0 Å². The standard InChI is InChI=1S/C10H10N2O2/c1-3-8-4-7(10(13)14-2)5-9(6-11)12-8/h4-5H,3H2,1-2H3. The molecule has 0 amide bonds. The predicted octanol–water partition coefficient (Wildman–Crippen LogP) is 1.30. The largest absolute Gasteiger partial charge is 0.465 e. The Morgan fingerprint density at radius 1 is 1.64 bits per heavy atom. The van der Waals surface area contributed by atoms with Crippen molar-refractivity contribution in [2.45, 2.75) is 13.3 Å².